The van der Waals surface area contributed by atoms with E-state index in [2.05, 4.69) is 5.32 Å². The largest absolute Gasteiger partial charge is 0.482 e. The predicted molar refractivity (Wildman–Crippen MR) is 103 cm³/mol. The second-order valence-corrected chi connectivity index (χ2v) is 6.31. The van der Waals surface area contributed by atoms with Gasteiger partial charge in [0.25, 0.3) is 5.91 Å². The number of hydrogen-bond donors (Lipinski definition) is 5. The van der Waals surface area contributed by atoms with Crippen molar-refractivity contribution in [2.24, 2.45) is 11.5 Å². The maximum atomic E-state index is 11.8. The van der Waals surface area contributed by atoms with Gasteiger partial charge in [0.05, 0.1) is 5.02 Å². The molecule has 0 aromatic heterocycles. The highest BCUT2D eigenvalue weighted by Gasteiger charge is 2.26. The van der Waals surface area contributed by atoms with Gasteiger partial charge < -0.3 is 26.6 Å². The molecule has 0 saturated heterocycles. The Kier molecular flexibility index (Phi) is 6.49. The van der Waals surface area contributed by atoms with Gasteiger partial charge in [-0.15, -0.1) is 0 Å². The lowest BCUT2D eigenvalue weighted by Gasteiger charge is -2.20. The molecular weight excluding hydrogens is 395 g/mol. The summed E-state index contributed by atoms with van der Waals surface area (Å²) in [5, 5.41) is 20.1. The Hall–Kier alpha value is -2.97. The molecule has 142 valence electrons. The van der Waals surface area contributed by atoms with Gasteiger partial charge in [0.1, 0.15) is 11.6 Å². The summed E-state index contributed by atoms with van der Waals surface area (Å²) in [6.45, 7) is -0.478. The number of nitrogens with two attached hydrogens (primary N) is 2. The van der Waals surface area contributed by atoms with Crippen LogP contribution in [0.25, 0.3) is 0 Å². The molecule has 1 atom stereocenters. The third-order valence-corrected chi connectivity index (χ3v) is 3.96. The minimum atomic E-state index is -1.28. The number of carbonyl (C=O) groups is 2. The number of halogens is 2. The molecule has 7 N–H and O–H groups in total. The zero-order chi connectivity index (χ0) is 20.1. The molecule has 0 spiro atoms. The molecule has 1 amide bonds. The molecule has 0 saturated carbocycles. The highest BCUT2D eigenvalue weighted by atomic mass is 35.5. The van der Waals surface area contributed by atoms with Crippen molar-refractivity contribution in [3.63, 3.8) is 0 Å². The normalized spacial score (nSPS) is 11.5. The molecule has 0 bridgehead atoms. The first kappa shape index (κ1) is 20.3. The Bertz CT molecular complexity index is 887. The summed E-state index contributed by atoms with van der Waals surface area (Å²) in [6.07, 6.45) is 0. The number of rotatable bonds is 8. The molecule has 27 heavy (non-hydrogen) atoms. The van der Waals surface area contributed by atoms with Crippen LogP contribution in [-0.2, 0) is 9.59 Å². The van der Waals surface area contributed by atoms with Gasteiger partial charge in [0.15, 0.2) is 12.6 Å². The molecule has 0 aliphatic carbocycles. The Morgan fingerprint density at radius 2 is 1.81 bits per heavy atom. The van der Waals surface area contributed by atoms with E-state index in [9.17, 15) is 14.7 Å². The van der Waals surface area contributed by atoms with Crippen molar-refractivity contribution in [2.45, 2.75) is 6.04 Å². The average molecular weight is 411 g/mol. The highest BCUT2D eigenvalue weighted by Crippen LogP contribution is 2.37. The number of nitrogen functional groups attached to an aromatic ring is 1. The summed E-state index contributed by atoms with van der Waals surface area (Å²) in [5.41, 5.74) is 11.5. The van der Waals surface area contributed by atoms with E-state index in [4.69, 9.17) is 44.8 Å². The lowest BCUT2D eigenvalue weighted by Crippen LogP contribution is -2.24. The first-order valence-corrected chi connectivity index (χ1v) is 8.28. The lowest BCUT2D eigenvalue weighted by molar-refractivity contribution is -0.138. The number of primary amides is 1. The second-order valence-electron chi connectivity index (χ2n) is 5.47. The quantitative estimate of drug-likeness (QED) is 0.332. The summed E-state index contributed by atoms with van der Waals surface area (Å²) >= 11 is 12.1. The number of amidine groups is 1. The maximum absolute atomic E-state index is 11.8. The van der Waals surface area contributed by atoms with Crippen LogP contribution in [-0.4, -0.2) is 29.4 Å². The van der Waals surface area contributed by atoms with Crippen molar-refractivity contribution >= 4 is 46.6 Å². The SMILES string of the molecule is N=C(N)c1ccc(NC(C(=O)O)c2cc(Cl)cc(Cl)c2OCC(N)=O)cc1. The Morgan fingerprint density at radius 1 is 1.19 bits per heavy atom. The summed E-state index contributed by atoms with van der Waals surface area (Å²) in [7, 11) is 0. The number of nitrogens with one attached hydrogen (secondary N) is 2. The standard InChI is InChI=1S/C17H16Cl2N4O4/c18-9-5-11(15(12(19)6-9)27-7-13(20)24)14(17(25)26)23-10-3-1-8(2-4-10)16(21)22/h1-6,14,23H,7H2,(H2,20,24)(H3,21,22)(H,25,26). The highest BCUT2D eigenvalue weighted by molar-refractivity contribution is 6.35. The van der Waals surface area contributed by atoms with Crippen molar-refractivity contribution in [3.8, 4) is 5.75 Å². The van der Waals surface area contributed by atoms with Crippen LogP contribution in [0.4, 0.5) is 5.69 Å². The van der Waals surface area contributed by atoms with Crippen LogP contribution in [0.5, 0.6) is 5.75 Å². The number of carboxylic acids is 1. The van der Waals surface area contributed by atoms with Crippen molar-refractivity contribution < 1.29 is 19.4 Å². The first-order chi connectivity index (χ1) is 12.7. The van der Waals surface area contributed by atoms with Crippen molar-refractivity contribution in [1.82, 2.24) is 0 Å². The fourth-order valence-electron chi connectivity index (χ4n) is 2.28. The van der Waals surface area contributed by atoms with E-state index in [1.54, 1.807) is 24.3 Å². The van der Waals surface area contributed by atoms with Crippen molar-refractivity contribution in [2.75, 3.05) is 11.9 Å². The van der Waals surface area contributed by atoms with E-state index in [1.807, 2.05) is 0 Å². The Balaban J connectivity index is 2.41. The third kappa shape index (κ3) is 5.25. The van der Waals surface area contributed by atoms with E-state index < -0.39 is 24.5 Å². The van der Waals surface area contributed by atoms with Crippen molar-refractivity contribution in [3.05, 3.63) is 57.6 Å². The molecule has 2 rings (SSSR count). The molecule has 0 radical (unpaired) electrons. The Labute approximate surface area is 164 Å². The molecule has 2 aromatic carbocycles. The van der Waals surface area contributed by atoms with Gasteiger partial charge >= 0.3 is 5.97 Å². The fraction of sp³-hybridized carbons (Fsp3) is 0.118. The average Bonchev–Trinajstić information content (AvgIpc) is 2.58. The molecule has 2 aromatic rings. The van der Waals surface area contributed by atoms with Crippen LogP contribution < -0.4 is 21.5 Å². The minimum Gasteiger partial charge on any atom is -0.482 e. The number of ether oxygens (including phenoxy) is 1. The molecule has 1 unspecified atom stereocenters. The molecule has 0 aliphatic heterocycles. The summed E-state index contributed by atoms with van der Waals surface area (Å²) < 4.78 is 5.29. The number of aliphatic carboxylic acids is 1. The van der Waals surface area contributed by atoms with Gasteiger partial charge in [-0.05, 0) is 36.4 Å². The molecule has 8 nitrogen and oxygen atoms in total. The van der Waals surface area contributed by atoms with Crippen LogP contribution in [0, 0.1) is 5.41 Å². The molecular formula is C17H16Cl2N4O4. The maximum Gasteiger partial charge on any atom is 0.330 e. The van der Waals surface area contributed by atoms with Gasteiger partial charge in [-0.1, -0.05) is 23.2 Å². The predicted octanol–water partition coefficient (Wildman–Crippen LogP) is 2.38. The fourth-order valence-corrected chi connectivity index (χ4v) is 2.84. The third-order valence-electron chi connectivity index (χ3n) is 3.46. The van der Waals surface area contributed by atoms with E-state index in [1.165, 1.54) is 12.1 Å². The molecule has 0 fully saturated rings. The first-order valence-electron chi connectivity index (χ1n) is 7.53. The van der Waals surface area contributed by atoms with Gasteiger partial charge in [-0.2, -0.15) is 0 Å². The van der Waals surface area contributed by atoms with Gasteiger partial charge in [-0.25, -0.2) is 4.79 Å². The van der Waals surface area contributed by atoms with Gasteiger partial charge in [0, 0.05) is 21.8 Å². The van der Waals surface area contributed by atoms with Gasteiger partial charge in [0.2, 0.25) is 0 Å². The van der Waals surface area contributed by atoms with E-state index in [-0.39, 0.29) is 27.2 Å². The van der Waals surface area contributed by atoms with E-state index >= 15 is 0 Å². The zero-order valence-corrected chi connectivity index (χ0v) is 15.3. The number of carboxylic acid groups (broad SMARTS) is 1. The summed E-state index contributed by atoms with van der Waals surface area (Å²) in [6, 6.07) is 7.74. The lowest BCUT2D eigenvalue weighted by atomic mass is 10.0. The van der Waals surface area contributed by atoms with E-state index in [0.29, 0.717) is 11.3 Å². The molecule has 10 heteroatoms. The van der Waals surface area contributed by atoms with Crippen LogP contribution in [0.3, 0.4) is 0 Å². The van der Waals surface area contributed by atoms with Crippen LogP contribution in [0.15, 0.2) is 36.4 Å². The topological polar surface area (TPSA) is 152 Å². The number of benzene rings is 2. The van der Waals surface area contributed by atoms with Crippen molar-refractivity contribution in [1.29, 1.82) is 5.41 Å². The number of hydrogen-bond acceptors (Lipinski definition) is 5. The number of amides is 1. The number of anilines is 1. The number of carbonyl (C=O) groups excluding carboxylic acids is 1. The summed E-state index contributed by atoms with van der Waals surface area (Å²) in [5.74, 6) is -2.10. The summed E-state index contributed by atoms with van der Waals surface area (Å²) in [4.78, 5) is 22.9. The zero-order valence-electron chi connectivity index (χ0n) is 13.8. The van der Waals surface area contributed by atoms with Crippen LogP contribution in [0.1, 0.15) is 17.2 Å². The second kappa shape index (κ2) is 8.61. The van der Waals surface area contributed by atoms with Crippen LogP contribution in [0.2, 0.25) is 10.0 Å². The minimum absolute atomic E-state index is 0.0138. The molecule has 0 aliphatic rings. The smallest absolute Gasteiger partial charge is 0.330 e. The van der Waals surface area contributed by atoms with E-state index in [0.717, 1.165) is 0 Å². The molecule has 0 heterocycles. The van der Waals surface area contributed by atoms with Gasteiger partial charge in [-0.3, -0.25) is 10.2 Å². The Morgan fingerprint density at radius 3 is 2.33 bits per heavy atom. The monoisotopic (exact) mass is 410 g/mol. The van der Waals surface area contributed by atoms with Crippen LogP contribution >= 0.6 is 23.2 Å².